The molecule has 49 heavy (non-hydrogen) atoms. The Bertz CT molecular complexity index is 2460. The number of benzene rings is 7. The van der Waals surface area contributed by atoms with E-state index in [4.69, 9.17) is 4.42 Å². The van der Waals surface area contributed by atoms with Crippen molar-refractivity contribution in [3.8, 4) is 33.4 Å². The van der Waals surface area contributed by atoms with Gasteiger partial charge in [0.25, 0.3) is 0 Å². The van der Waals surface area contributed by atoms with Gasteiger partial charge in [0.2, 0.25) is 0 Å². The first-order chi connectivity index (χ1) is 24.2. The van der Waals surface area contributed by atoms with Crippen molar-refractivity contribution < 1.29 is 4.42 Å². The highest BCUT2D eigenvalue weighted by Gasteiger charge is 2.19. The lowest BCUT2D eigenvalue weighted by molar-refractivity contribution is 0.668. The molecule has 0 aliphatic rings. The number of hydrogen-bond acceptors (Lipinski definition) is 3. The number of hydrogen-bond donors (Lipinski definition) is 0. The van der Waals surface area contributed by atoms with E-state index in [1.807, 2.05) is 6.08 Å². The van der Waals surface area contributed by atoms with E-state index in [0.29, 0.717) is 0 Å². The smallest absolute Gasteiger partial charge is 0.136 e. The Morgan fingerprint density at radius 1 is 0.531 bits per heavy atom. The van der Waals surface area contributed by atoms with E-state index in [2.05, 4.69) is 187 Å². The number of fused-ring (bicyclic) bond motifs is 3. The zero-order chi connectivity index (χ0) is 33.2. The lowest BCUT2D eigenvalue weighted by Crippen LogP contribution is -2.11. The number of nitrogens with zero attached hydrogens (tertiary/aromatic N) is 2. The van der Waals surface area contributed by atoms with Gasteiger partial charge in [-0.3, -0.25) is 4.99 Å². The topological polar surface area (TPSA) is 28.7 Å². The molecule has 0 saturated carbocycles. The third-order valence-electron chi connectivity index (χ3n) is 9.12. The summed E-state index contributed by atoms with van der Waals surface area (Å²) in [5.74, 6) is 0. The van der Waals surface area contributed by atoms with Crippen molar-refractivity contribution in [1.82, 2.24) is 0 Å². The quantitative estimate of drug-likeness (QED) is 0.156. The molecule has 3 heteroatoms. The van der Waals surface area contributed by atoms with Crippen LogP contribution in [0.5, 0.6) is 0 Å². The lowest BCUT2D eigenvalue weighted by atomic mass is 9.98. The highest BCUT2D eigenvalue weighted by atomic mass is 16.3. The number of para-hydroxylation sites is 1. The standard InChI is InChI=1S/C46H34N2O/c1-32-28-42-43-31-40(24-25-45(43)49-46(42)30-37(32)26-27-47-2)48(44-19-10-9-18-41(44)36-14-7-4-8-15-36)39-17-11-16-38(29-39)35-22-20-34(21-23-35)33-12-5-3-6-13-33/h3-31H,2H2,1H3/b27-26-. The molecule has 1 heterocycles. The van der Waals surface area contributed by atoms with Gasteiger partial charge in [-0.2, -0.15) is 0 Å². The van der Waals surface area contributed by atoms with Gasteiger partial charge in [-0.25, -0.2) is 0 Å². The number of aliphatic imine (C=N–C) groups is 1. The number of furan rings is 1. The molecule has 234 valence electrons. The summed E-state index contributed by atoms with van der Waals surface area (Å²) in [4.78, 5) is 6.25. The summed E-state index contributed by atoms with van der Waals surface area (Å²) in [5.41, 5.74) is 14.2. The molecule has 0 amide bonds. The van der Waals surface area contributed by atoms with Crippen LogP contribution in [0.25, 0.3) is 61.4 Å². The lowest BCUT2D eigenvalue weighted by Gasteiger charge is -2.28. The first-order valence-corrected chi connectivity index (χ1v) is 16.5. The molecular formula is C46H34N2O. The van der Waals surface area contributed by atoms with Gasteiger partial charge in [-0.15, -0.1) is 0 Å². The predicted molar refractivity (Wildman–Crippen MR) is 208 cm³/mol. The Morgan fingerprint density at radius 2 is 1.14 bits per heavy atom. The highest BCUT2D eigenvalue weighted by Crippen LogP contribution is 2.44. The summed E-state index contributed by atoms with van der Waals surface area (Å²) in [6.07, 6.45) is 3.67. The fourth-order valence-electron chi connectivity index (χ4n) is 6.65. The molecule has 0 atom stereocenters. The van der Waals surface area contributed by atoms with Crippen LogP contribution in [0.3, 0.4) is 0 Å². The first kappa shape index (κ1) is 29.9. The first-order valence-electron chi connectivity index (χ1n) is 16.5. The average Bonchev–Trinajstić information content (AvgIpc) is 3.51. The SMILES string of the molecule is C=N/C=C\c1cc2oc3ccc(N(c4cccc(-c5ccc(-c6ccccc6)cc5)c4)c4ccccc4-c4ccccc4)cc3c2cc1C. The van der Waals surface area contributed by atoms with Gasteiger partial charge in [0.15, 0.2) is 0 Å². The molecule has 3 nitrogen and oxygen atoms in total. The van der Waals surface area contributed by atoms with E-state index in [0.717, 1.165) is 66.8 Å². The zero-order valence-electron chi connectivity index (χ0n) is 27.3. The minimum atomic E-state index is 0.846. The van der Waals surface area contributed by atoms with E-state index in [-0.39, 0.29) is 0 Å². The van der Waals surface area contributed by atoms with Crippen molar-refractivity contribution in [3.05, 3.63) is 181 Å². The molecule has 0 unspecified atom stereocenters. The number of anilines is 3. The second-order valence-corrected chi connectivity index (χ2v) is 12.2. The predicted octanol–water partition coefficient (Wildman–Crippen LogP) is 13.0. The van der Waals surface area contributed by atoms with Crippen LogP contribution in [-0.4, -0.2) is 6.72 Å². The second kappa shape index (κ2) is 13.0. The van der Waals surface area contributed by atoms with Crippen LogP contribution in [-0.2, 0) is 0 Å². The maximum Gasteiger partial charge on any atom is 0.136 e. The van der Waals surface area contributed by atoms with E-state index in [1.54, 1.807) is 6.20 Å². The zero-order valence-corrected chi connectivity index (χ0v) is 27.3. The van der Waals surface area contributed by atoms with Gasteiger partial charge in [-0.05, 0) is 107 Å². The molecule has 1 aromatic heterocycles. The minimum Gasteiger partial charge on any atom is -0.456 e. The minimum absolute atomic E-state index is 0.846. The normalized spacial score (nSPS) is 11.4. The summed E-state index contributed by atoms with van der Waals surface area (Å²) in [6, 6.07) is 58.2. The van der Waals surface area contributed by atoms with E-state index in [9.17, 15) is 0 Å². The molecule has 8 aromatic rings. The summed E-state index contributed by atoms with van der Waals surface area (Å²) in [6.45, 7) is 5.69. The van der Waals surface area contributed by atoms with Gasteiger partial charge < -0.3 is 9.32 Å². The van der Waals surface area contributed by atoms with Crippen molar-refractivity contribution >= 4 is 51.8 Å². The van der Waals surface area contributed by atoms with Crippen LogP contribution < -0.4 is 4.90 Å². The largest absolute Gasteiger partial charge is 0.456 e. The van der Waals surface area contributed by atoms with Crippen LogP contribution >= 0.6 is 0 Å². The summed E-state index contributed by atoms with van der Waals surface area (Å²) < 4.78 is 6.39. The summed E-state index contributed by atoms with van der Waals surface area (Å²) in [7, 11) is 0. The van der Waals surface area contributed by atoms with Crippen molar-refractivity contribution in [2.24, 2.45) is 4.99 Å². The van der Waals surface area contributed by atoms with E-state index in [1.165, 1.54) is 16.7 Å². The van der Waals surface area contributed by atoms with Gasteiger partial charge in [0, 0.05) is 33.9 Å². The molecule has 0 aliphatic heterocycles. The van der Waals surface area contributed by atoms with E-state index < -0.39 is 0 Å². The Balaban J connectivity index is 1.29. The maximum atomic E-state index is 6.39. The molecule has 0 N–H and O–H groups in total. The van der Waals surface area contributed by atoms with Gasteiger partial charge in [0.05, 0.1) is 5.69 Å². The van der Waals surface area contributed by atoms with Crippen LogP contribution in [0.4, 0.5) is 17.1 Å². The van der Waals surface area contributed by atoms with Crippen molar-refractivity contribution in [1.29, 1.82) is 0 Å². The molecule has 0 fully saturated rings. The van der Waals surface area contributed by atoms with Crippen molar-refractivity contribution in [2.45, 2.75) is 6.92 Å². The second-order valence-electron chi connectivity index (χ2n) is 12.2. The Labute approximate surface area is 286 Å². The van der Waals surface area contributed by atoms with Crippen molar-refractivity contribution in [2.75, 3.05) is 4.90 Å². The summed E-state index contributed by atoms with van der Waals surface area (Å²) >= 11 is 0. The Kier molecular flexibility index (Phi) is 7.93. The molecule has 0 radical (unpaired) electrons. The van der Waals surface area contributed by atoms with Crippen LogP contribution in [0, 0.1) is 6.92 Å². The molecular weight excluding hydrogens is 597 g/mol. The highest BCUT2D eigenvalue weighted by molar-refractivity contribution is 6.07. The molecule has 0 spiro atoms. The van der Waals surface area contributed by atoms with Gasteiger partial charge in [-0.1, -0.05) is 115 Å². The van der Waals surface area contributed by atoms with E-state index >= 15 is 0 Å². The molecule has 0 bridgehead atoms. The van der Waals surface area contributed by atoms with Crippen LogP contribution in [0.15, 0.2) is 179 Å². The van der Waals surface area contributed by atoms with Crippen LogP contribution in [0.1, 0.15) is 11.1 Å². The molecule has 8 rings (SSSR count). The molecule has 0 saturated heterocycles. The Morgan fingerprint density at radius 3 is 1.90 bits per heavy atom. The molecule has 7 aromatic carbocycles. The third-order valence-corrected chi connectivity index (χ3v) is 9.12. The van der Waals surface area contributed by atoms with Gasteiger partial charge >= 0.3 is 0 Å². The summed E-state index contributed by atoms with van der Waals surface area (Å²) in [5, 5.41) is 2.16. The van der Waals surface area contributed by atoms with Gasteiger partial charge in [0.1, 0.15) is 11.2 Å². The molecule has 0 aliphatic carbocycles. The van der Waals surface area contributed by atoms with Crippen molar-refractivity contribution in [3.63, 3.8) is 0 Å². The number of rotatable bonds is 8. The van der Waals surface area contributed by atoms with Crippen LogP contribution in [0.2, 0.25) is 0 Å². The maximum absolute atomic E-state index is 6.39. The number of aryl methyl sites for hydroxylation is 1. The fourth-order valence-corrected chi connectivity index (χ4v) is 6.65. The monoisotopic (exact) mass is 630 g/mol. The third kappa shape index (κ3) is 5.83. The fraction of sp³-hybridized carbons (Fsp3) is 0.0217. The Hall–Kier alpha value is -6.45. The average molecular weight is 631 g/mol.